The van der Waals surface area contributed by atoms with Crippen molar-refractivity contribution in [1.29, 1.82) is 0 Å². The lowest BCUT2D eigenvalue weighted by Gasteiger charge is -2.08. The van der Waals surface area contributed by atoms with Crippen molar-refractivity contribution in [3.63, 3.8) is 0 Å². The fourth-order valence-electron chi connectivity index (χ4n) is 3.05. The Morgan fingerprint density at radius 3 is 2.24 bits per heavy atom. The third kappa shape index (κ3) is 6.01. The number of rotatable bonds is 6. The average molecular weight is 401 g/mol. The molecule has 0 atom stereocenters. The summed E-state index contributed by atoms with van der Waals surface area (Å²) in [4.78, 5) is 0. The maximum Gasteiger partial charge on any atom is 0.139 e. The van der Waals surface area contributed by atoms with Gasteiger partial charge in [0.1, 0.15) is 5.82 Å². The highest BCUT2D eigenvalue weighted by Gasteiger charge is 2.04. The molecular formula is C23H26BrF. The molecule has 0 aromatic heterocycles. The molecule has 0 spiro atoms. The standard InChI is InChI=1S/C23H26BrF/c1-4-5-6-7-8-9-19-14-17(2)22(18(3)15-19)13-11-20-10-12-21(24)16-23(20)25/h10,12,14-16H,4-9H2,1-3H3. The lowest BCUT2D eigenvalue weighted by molar-refractivity contribution is 0.623. The molecule has 0 aliphatic carbocycles. The monoisotopic (exact) mass is 400 g/mol. The van der Waals surface area contributed by atoms with Crippen molar-refractivity contribution in [2.75, 3.05) is 0 Å². The molecule has 0 saturated heterocycles. The molecule has 132 valence electrons. The first kappa shape index (κ1) is 19.7. The molecule has 0 N–H and O–H groups in total. The van der Waals surface area contributed by atoms with Crippen LogP contribution in [0.2, 0.25) is 0 Å². The Morgan fingerprint density at radius 2 is 1.60 bits per heavy atom. The van der Waals surface area contributed by atoms with Crippen LogP contribution in [-0.2, 0) is 6.42 Å². The van der Waals surface area contributed by atoms with E-state index in [1.807, 2.05) is 6.07 Å². The summed E-state index contributed by atoms with van der Waals surface area (Å²) >= 11 is 3.27. The molecule has 0 saturated carbocycles. The highest BCUT2D eigenvalue weighted by Crippen LogP contribution is 2.19. The average Bonchev–Trinajstić information content (AvgIpc) is 2.55. The van der Waals surface area contributed by atoms with Gasteiger partial charge in [-0.2, -0.15) is 0 Å². The van der Waals surface area contributed by atoms with E-state index in [-0.39, 0.29) is 5.82 Å². The smallest absolute Gasteiger partial charge is 0.139 e. The molecule has 0 radical (unpaired) electrons. The van der Waals surface area contributed by atoms with E-state index in [1.54, 1.807) is 6.07 Å². The Labute approximate surface area is 160 Å². The first-order chi connectivity index (χ1) is 12.0. The summed E-state index contributed by atoms with van der Waals surface area (Å²) in [6.07, 6.45) is 7.62. The summed E-state index contributed by atoms with van der Waals surface area (Å²) in [7, 11) is 0. The van der Waals surface area contributed by atoms with Crippen molar-refractivity contribution in [3.05, 3.63) is 68.4 Å². The third-order valence-corrected chi connectivity index (χ3v) is 4.91. The second-order valence-corrected chi connectivity index (χ2v) is 7.56. The molecule has 2 heteroatoms. The Morgan fingerprint density at radius 1 is 0.920 bits per heavy atom. The van der Waals surface area contributed by atoms with E-state index in [0.29, 0.717) is 5.56 Å². The summed E-state index contributed by atoms with van der Waals surface area (Å²) in [6, 6.07) is 9.44. The molecule has 0 bridgehead atoms. The van der Waals surface area contributed by atoms with Crippen molar-refractivity contribution in [2.24, 2.45) is 0 Å². The Kier molecular flexibility index (Phi) is 7.72. The van der Waals surface area contributed by atoms with E-state index in [9.17, 15) is 4.39 Å². The predicted molar refractivity (Wildman–Crippen MR) is 108 cm³/mol. The maximum atomic E-state index is 13.9. The van der Waals surface area contributed by atoms with Crippen molar-refractivity contribution >= 4 is 15.9 Å². The number of hydrogen-bond acceptors (Lipinski definition) is 0. The van der Waals surface area contributed by atoms with Crippen molar-refractivity contribution in [2.45, 2.75) is 59.3 Å². The molecule has 0 unspecified atom stereocenters. The molecule has 0 heterocycles. The van der Waals surface area contributed by atoms with Gasteiger partial charge in [0.2, 0.25) is 0 Å². The summed E-state index contributed by atoms with van der Waals surface area (Å²) in [5, 5.41) is 0. The second kappa shape index (κ2) is 9.78. The van der Waals surface area contributed by atoms with E-state index in [4.69, 9.17) is 0 Å². The highest BCUT2D eigenvalue weighted by molar-refractivity contribution is 9.10. The van der Waals surface area contributed by atoms with Gasteiger partial charge < -0.3 is 0 Å². The van der Waals surface area contributed by atoms with E-state index in [0.717, 1.165) is 16.5 Å². The lowest BCUT2D eigenvalue weighted by Crippen LogP contribution is -1.94. The van der Waals surface area contributed by atoms with Gasteiger partial charge in [0.15, 0.2) is 0 Å². The third-order valence-electron chi connectivity index (χ3n) is 4.41. The molecular weight excluding hydrogens is 375 g/mol. The molecule has 2 aromatic carbocycles. The van der Waals surface area contributed by atoms with Gasteiger partial charge in [-0.05, 0) is 61.6 Å². The van der Waals surface area contributed by atoms with Gasteiger partial charge in [-0.1, -0.05) is 72.5 Å². The number of aryl methyl sites for hydroxylation is 3. The number of halogens is 2. The van der Waals surface area contributed by atoms with Crippen LogP contribution >= 0.6 is 15.9 Å². The van der Waals surface area contributed by atoms with Crippen molar-refractivity contribution < 1.29 is 4.39 Å². The topological polar surface area (TPSA) is 0 Å². The zero-order valence-corrected chi connectivity index (χ0v) is 17.0. The molecule has 0 nitrogen and oxygen atoms in total. The Balaban J connectivity index is 2.11. The summed E-state index contributed by atoms with van der Waals surface area (Å²) in [6.45, 7) is 6.43. The molecule has 2 aromatic rings. The van der Waals surface area contributed by atoms with Gasteiger partial charge in [-0.15, -0.1) is 0 Å². The fourth-order valence-corrected chi connectivity index (χ4v) is 3.38. The second-order valence-electron chi connectivity index (χ2n) is 6.64. The van der Waals surface area contributed by atoms with Gasteiger partial charge in [0.25, 0.3) is 0 Å². The molecule has 2 rings (SSSR count). The minimum Gasteiger partial charge on any atom is -0.206 e. The largest absolute Gasteiger partial charge is 0.206 e. The van der Waals surface area contributed by atoms with Crippen molar-refractivity contribution in [3.8, 4) is 11.8 Å². The first-order valence-electron chi connectivity index (χ1n) is 9.08. The fraction of sp³-hybridized carbons (Fsp3) is 0.391. The Hall–Kier alpha value is -1.59. The van der Waals surface area contributed by atoms with Gasteiger partial charge in [0, 0.05) is 10.0 Å². The van der Waals surface area contributed by atoms with Crippen LogP contribution < -0.4 is 0 Å². The van der Waals surface area contributed by atoms with E-state index >= 15 is 0 Å². The Bertz CT molecular complexity index is 757. The highest BCUT2D eigenvalue weighted by atomic mass is 79.9. The zero-order valence-electron chi connectivity index (χ0n) is 15.4. The predicted octanol–water partition coefficient (Wildman–Crippen LogP) is 7.12. The maximum absolute atomic E-state index is 13.9. The van der Waals surface area contributed by atoms with Gasteiger partial charge in [-0.25, -0.2) is 4.39 Å². The van der Waals surface area contributed by atoms with Gasteiger partial charge >= 0.3 is 0 Å². The SMILES string of the molecule is CCCCCCCc1cc(C)c(C#Cc2ccc(Br)cc2F)c(C)c1. The number of unbranched alkanes of at least 4 members (excludes halogenated alkanes) is 4. The quantitative estimate of drug-likeness (QED) is 0.357. The zero-order chi connectivity index (χ0) is 18.2. The van der Waals surface area contributed by atoms with Crippen LogP contribution in [0.15, 0.2) is 34.8 Å². The minimum absolute atomic E-state index is 0.291. The van der Waals surface area contributed by atoms with Crippen LogP contribution in [0.4, 0.5) is 4.39 Å². The van der Waals surface area contributed by atoms with Crippen LogP contribution in [0.25, 0.3) is 0 Å². The van der Waals surface area contributed by atoms with Crippen LogP contribution in [0.3, 0.4) is 0 Å². The van der Waals surface area contributed by atoms with Crippen LogP contribution in [0.1, 0.15) is 66.8 Å². The van der Waals surface area contributed by atoms with Crippen molar-refractivity contribution in [1.82, 2.24) is 0 Å². The number of benzene rings is 2. The molecule has 0 fully saturated rings. The van der Waals surface area contributed by atoms with E-state index in [1.165, 1.54) is 54.9 Å². The molecule has 0 amide bonds. The minimum atomic E-state index is -0.291. The van der Waals surface area contributed by atoms with Crippen LogP contribution in [-0.4, -0.2) is 0 Å². The van der Waals surface area contributed by atoms with Crippen LogP contribution in [0, 0.1) is 31.5 Å². The summed E-state index contributed by atoms with van der Waals surface area (Å²) in [5.74, 6) is 5.85. The number of hydrogen-bond donors (Lipinski definition) is 0. The lowest BCUT2D eigenvalue weighted by atomic mass is 9.96. The molecule has 0 aliphatic heterocycles. The van der Waals surface area contributed by atoms with Crippen LogP contribution in [0.5, 0.6) is 0 Å². The van der Waals surface area contributed by atoms with Gasteiger partial charge in [0.05, 0.1) is 5.56 Å². The molecule has 0 aliphatic rings. The first-order valence-corrected chi connectivity index (χ1v) is 9.87. The van der Waals surface area contributed by atoms with E-state index < -0.39 is 0 Å². The van der Waals surface area contributed by atoms with Gasteiger partial charge in [-0.3, -0.25) is 0 Å². The normalized spacial score (nSPS) is 10.4. The van der Waals surface area contributed by atoms with E-state index in [2.05, 4.69) is 60.7 Å². The summed E-state index contributed by atoms with van der Waals surface area (Å²) < 4.78 is 14.6. The summed E-state index contributed by atoms with van der Waals surface area (Å²) in [5.41, 5.74) is 5.17. The molecule has 25 heavy (non-hydrogen) atoms.